The van der Waals surface area contributed by atoms with Crippen LogP contribution in [-0.2, 0) is 11.2 Å². The van der Waals surface area contributed by atoms with E-state index in [0.29, 0.717) is 33.4 Å². The molecule has 1 saturated heterocycles. The average Bonchev–Trinajstić information content (AvgIpc) is 3.04. The van der Waals surface area contributed by atoms with E-state index in [0.717, 1.165) is 31.0 Å². The fraction of sp³-hybridized carbons (Fsp3) is 0.304. The van der Waals surface area contributed by atoms with Crippen LogP contribution in [0.25, 0.3) is 6.08 Å². The number of amides is 2. The molecule has 1 heterocycles. The molecule has 0 aromatic heterocycles. The summed E-state index contributed by atoms with van der Waals surface area (Å²) in [6.07, 6.45) is 4.87. The Morgan fingerprint density at radius 2 is 1.60 bits per heavy atom. The third-order valence-electron chi connectivity index (χ3n) is 4.79. The lowest BCUT2D eigenvalue weighted by atomic mass is 10.1. The van der Waals surface area contributed by atoms with Gasteiger partial charge in [-0.25, -0.2) is 4.90 Å². The number of methoxy groups -OCH3 is 3. The molecule has 0 unspecified atom stereocenters. The fourth-order valence-electron chi connectivity index (χ4n) is 3.22. The largest absolute Gasteiger partial charge is 0.493 e. The Bertz CT molecular complexity index is 943. The number of hydrogen-bond donors (Lipinski definition) is 0. The first-order valence-corrected chi connectivity index (χ1v) is 10.5. The van der Waals surface area contributed by atoms with E-state index in [1.54, 1.807) is 18.2 Å². The number of carbonyl (C=O) groups excluding carboxylic acids is 2. The van der Waals surface area contributed by atoms with Crippen LogP contribution in [0.3, 0.4) is 0 Å². The molecule has 2 aromatic carbocycles. The molecular weight excluding hydrogens is 402 g/mol. The van der Waals surface area contributed by atoms with Crippen molar-refractivity contribution in [3.05, 3.63) is 52.4 Å². The number of benzene rings is 2. The van der Waals surface area contributed by atoms with Crippen LogP contribution in [0.2, 0.25) is 0 Å². The van der Waals surface area contributed by atoms with Crippen LogP contribution >= 0.6 is 11.8 Å². The predicted molar refractivity (Wildman–Crippen MR) is 120 cm³/mol. The van der Waals surface area contributed by atoms with E-state index < -0.39 is 0 Å². The zero-order valence-corrected chi connectivity index (χ0v) is 18.4. The first kappa shape index (κ1) is 21.8. The third-order valence-corrected chi connectivity index (χ3v) is 5.66. The Morgan fingerprint density at radius 1 is 0.967 bits per heavy atom. The quantitative estimate of drug-likeness (QED) is 0.533. The summed E-state index contributed by atoms with van der Waals surface area (Å²) in [6.45, 7) is 2.15. The van der Waals surface area contributed by atoms with Crippen molar-refractivity contribution in [2.24, 2.45) is 0 Å². The number of unbranched alkanes of at least 4 members (excludes halogenated alkanes) is 1. The summed E-state index contributed by atoms with van der Waals surface area (Å²) in [5.41, 5.74) is 2.44. The van der Waals surface area contributed by atoms with Crippen LogP contribution in [0.4, 0.5) is 10.5 Å². The second-order valence-electron chi connectivity index (χ2n) is 6.75. The maximum Gasteiger partial charge on any atom is 0.298 e. The summed E-state index contributed by atoms with van der Waals surface area (Å²) < 4.78 is 16.0. The molecule has 158 valence electrons. The zero-order valence-electron chi connectivity index (χ0n) is 17.6. The Kier molecular flexibility index (Phi) is 7.05. The highest BCUT2D eigenvalue weighted by molar-refractivity contribution is 8.19. The Labute approximate surface area is 180 Å². The summed E-state index contributed by atoms with van der Waals surface area (Å²) in [5, 5.41) is -0.319. The lowest BCUT2D eigenvalue weighted by molar-refractivity contribution is -0.113. The van der Waals surface area contributed by atoms with Gasteiger partial charge in [0, 0.05) is 0 Å². The topological polar surface area (TPSA) is 65.1 Å². The number of carbonyl (C=O) groups is 2. The molecule has 2 aromatic rings. The van der Waals surface area contributed by atoms with Crippen LogP contribution in [0.1, 0.15) is 30.9 Å². The molecule has 1 aliphatic rings. The standard InChI is InChI=1S/C23H25NO5S/c1-5-6-7-15-8-10-17(11-9-15)24-22(25)20(30-23(24)26)14-16-12-18(27-2)21(29-4)19(13-16)28-3/h8-14H,5-7H2,1-4H3/b20-14-. The molecule has 0 bridgehead atoms. The number of rotatable bonds is 8. The highest BCUT2D eigenvalue weighted by atomic mass is 32.2. The number of nitrogens with zero attached hydrogens (tertiary/aromatic N) is 1. The van der Waals surface area contributed by atoms with Gasteiger partial charge in [-0.1, -0.05) is 25.5 Å². The molecule has 1 fully saturated rings. The summed E-state index contributed by atoms with van der Waals surface area (Å²) in [4.78, 5) is 27.0. The second-order valence-corrected chi connectivity index (χ2v) is 7.74. The van der Waals surface area contributed by atoms with Crippen molar-refractivity contribution >= 4 is 34.7 Å². The molecular formula is C23H25NO5S. The van der Waals surface area contributed by atoms with Gasteiger partial charge in [-0.05, 0) is 66.1 Å². The van der Waals surface area contributed by atoms with E-state index in [1.807, 2.05) is 24.3 Å². The molecule has 6 nitrogen and oxygen atoms in total. The maximum atomic E-state index is 12.9. The van der Waals surface area contributed by atoms with Gasteiger partial charge in [0.1, 0.15) is 0 Å². The smallest absolute Gasteiger partial charge is 0.298 e. The van der Waals surface area contributed by atoms with Crippen molar-refractivity contribution in [1.82, 2.24) is 0 Å². The SMILES string of the molecule is CCCCc1ccc(N2C(=O)S/C(=C\c3cc(OC)c(OC)c(OC)c3)C2=O)cc1. The molecule has 1 aliphatic heterocycles. The molecule has 0 N–H and O–H groups in total. The highest BCUT2D eigenvalue weighted by Crippen LogP contribution is 2.41. The molecule has 0 spiro atoms. The van der Waals surface area contributed by atoms with Crippen LogP contribution in [0, 0.1) is 0 Å². The second kappa shape index (κ2) is 9.71. The molecule has 0 radical (unpaired) electrons. The van der Waals surface area contributed by atoms with Crippen LogP contribution in [0.5, 0.6) is 17.2 Å². The maximum absolute atomic E-state index is 12.9. The summed E-state index contributed by atoms with van der Waals surface area (Å²) in [5.74, 6) is 1.07. The number of thioether (sulfide) groups is 1. The molecule has 0 atom stereocenters. The lowest BCUT2D eigenvalue weighted by Gasteiger charge is -2.13. The van der Waals surface area contributed by atoms with Gasteiger partial charge in [0.15, 0.2) is 11.5 Å². The predicted octanol–water partition coefficient (Wildman–Crippen LogP) is 5.30. The van der Waals surface area contributed by atoms with Crippen molar-refractivity contribution in [3.8, 4) is 17.2 Å². The van der Waals surface area contributed by atoms with Gasteiger partial charge >= 0.3 is 0 Å². The van der Waals surface area contributed by atoms with Gasteiger partial charge in [0.2, 0.25) is 5.75 Å². The van der Waals surface area contributed by atoms with Gasteiger partial charge in [-0.3, -0.25) is 9.59 Å². The van der Waals surface area contributed by atoms with Crippen molar-refractivity contribution in [3.63, 3.8) is 0 Å². The third kappa shape index (κ3) is 4.46. The van der Waals surface area contributed by atoms with E-state index in [2.05, 4.69) is 6.92 Å². The van der Waals surface area contributed by atoms with Crippen LogP contribution in [-0.4, -0.2) is 32.5 Å². The highest BCUT2D eigenvalue weighted by Gasteiger charge is 2.36. The normalized spacial score (nSPS) is 15.1. The van der Waals surface area contributed by atoms with E-state index in [9.17, 15) is 9.59 Å². The summed E-state index contributed by atoms with van der Waals surface area (Å²) >= 11 is 0.912. The Balaban J connectivity index is 1.88. The van der Waals surface area contributed by atoms with E-state index >= 15 is 0 Å². The fourth-order valence-corrected chi connectivity index (χ4v) is 4.06. The minimum Gasteiger partial charge on any atom is -0.493 e. The van der Waals surface area contributed by atoms with Gasteiger partial charge in [0.05, 0.1) is 31.9 Å². The first-order chi connectivity index (χ1) is 14.5. The van der Waals surface area contributed by atoms with Crippen LogP contribution in [0.15, 0.2) is 41.3 Å². The van der Waals surface area contributed by atoms with Crippen molar-refractivity contribution < 1.29 is 23.8 Å². The molecule has 2 amide bonds. The first-order valence-electron chi connectivity index (χ1n) is 9.69. The number of imide groups is 1. The van der Waals surface area contributed by atoms with Gasteiger partial charge in [-0.2, -0.15) is 0 Å². The molecule has 3 rings (SSSR count). The zero-order chi connectivity index (χ0) is 21.7. The Morgan fingerprint density at radius 3 is 2.13 bits per heavy atom. The van der Waals surface area contributed by atoms with Crippen LogP contribution < -0.4 is 19.1 Å². The molecule has 0 aliphatic carbocycles. The van der Waals surface area contributed by atoms with Crippen molar-refractivity contribution in [2.45, 2.75) is 26.2 Å². The van der Waals surface area contributed by atoms with Crippen molar-refractivity contribution in [2.75, 3.05) is 26.2 Å². The van der Waals surface area contributed by atoms with Gasteiger partial charge in [-0.15, -0.1) is 0 Å². The molecule has 0 saturated carbocycles. The molecule has 7 heteroatoms. The van der Waals surface area contributed by atoms with Gasteiger partial charge in [0.25, 0.3) is 11.1 Å². The number of hydrogen-bond acceptors (Lipinski definition) is 6. The van der Waals surface area contributed by atoms with Gasteiger partial charge < -0.3 is 14.2 Å². The summed E-state index contributed by atoms with van der Waals surface area (Å²) in [6, 6.07) is 11.1. The summed E-state index contributed by atoms with van der Waals surface area (Å²) in [7, 11) is 4.58. The minimum absolute atomic E-state index is 0.319. The lowest BCUT2D eigenvalue weighted by Crippen LogP contribution is -2.27. The number of anilines is 1. The Hall–Kier alpha value is -2.93. The van der Waals surface area contributed by atoms with E-state index in [1.165, 1.54) is 31.8 Å². The monoisotopic (exact) mass is 427 g/mol. The number of ether oxygens (including phenoxy) is 3. The van der Waals surface area contributed by atoms with E-state index in [4.69, 9.17) is 14.2 Å². The average molecular weight is 428 g/mol. The number of aryl methyl sites for hydroxylation is 1. The van der Waals surface area contributed by atoms with Crippen molar-refractivity contribution in [1.29, 1.82) is 0 Å². The van der Waals surface area contributed by atoms with E-state index in [-0.39, 0.29) is 11.1 Å². The molecule has 30 heavy (non-hydrogen) atoms. The minimum atomic E-state index is -0.347.